The number of methoxy groups -OCH3 is 1. The van der Waals surface area contributed by atoms with E-state index in [2.05, 4.69) is 9.72 Å². The van der Waals surface area contributed by atoms with Gasteiger partial charge in [0.1, 0.15) is 0 Å². The van der Waals surface area contributed by atoms with Gasteiger partial charge < -0.3 is 14.5 Å². The summed E-state index contributed by atoms with van der Waals surface area (Å²) in [6.07, 6.45) is 2.61. The van der Waals surface area contributed by atoms with E-state index in [0.717, 1.165) is 0 Å². The normalized spacial score (nSPS) is 15.3. The number of carbonyl (C=O) groups excluding carboxylic acids is 2. The lowest BCUT2D eigenvalue weighted by molar-refractivity contribution is 0.0600. The van der Waals surface area contributed by atoms with Gasteiger partial charge in [0.25, 0.3) is 5.91 Å². The first kappa shape index (κ1) is 13.6. The van der Waals surface area contributed by atoms with Crippen LogP contribution in [0, 0.1) is 0 Å². The first-order chi connectivity index (χ1) is 9.13. The number of carbonyl (C=O) groups is 2. The summed E-state index contributed by atoms with van der Waals surface area (Å²) >= 11 is 5.95. The van der Waals surface area contributed by atoms with Crippen molar-refractivity contribution in [3.8, 4) is 0 Å². The van der Waals surface area contributed by atoms with Crippen LogP contribution in [0.5, 0.6) is 0 Å². The molecule has 19 heavy (non-hydrogen) atoms. The van der Waals surface area contributed by atoms with E-state index < -0.39 is 0 Å². The van der Waals surface area contributed by atoms with Crippen LogP contribution in [0.2, 0.25) is 5.02 Å². The van der Waals surface area contributed by atoms with E-state index in [1.807, 2.05) is 0 Å². The van der Waals surface area contributed by atoms with Gasteiger partial charge in [-0.2, -0.15) is 0 Å². The summed E-state index contributed by atoms with van der Waals surface area (Å²) in [4.78, 5) is 30.7. The van der Waals surface area contributed by atoms with E-state index in [1.165, 1.54) is 19.5 Å². The molecule has 6 nitrogen and oxygen atoms in total. The number of piperazine rings is 1. The standard InChI is InChI=1S/C12H14ClN3O3/c1-19-12(18)16-6-4-15(5-7-16)11(17)9-2-3-14-8-10(9)13/h2-3,8H,4-7H2,1H3. The zero-order valence-corrected chi connectivity index (χ0v) is 11.3. The zero-order valence-electron chi connectivity index (χ0n) is 10.5. The van der Waals surface area contributed by atoms with Crippen molar-refractivity contribution >= 4 is 23.6 Å². The number of hydrogen-bond donors (Lipinski definition) is 0. The Morgan fingerprint density at radius 1 is 1.26 bits per heavy atom. The molecule has 1 aliphatic heterocycles. The molecule has 2 amide bonds. The van der Waals surface area contributed by atoms with Gasteiger partial charge in [0.15, 0.2) is 0 Å². The van der Waals surface area contributed by atoms with Gasteiger partial charge in [0, 0.05) is 38.6 Å². The summed E-state index contributed by atoms with van der Waals surface area (Å²) in [7, 11) is 1.34. The second-order valence-electron chi connectivity index (χ2n) is 4.10. The highest BCUT2D eigenvalue weighted by molar-refractivity contribution is 6.33. The minimum atomic E-state index is -0.367. The quantitative estimate of drug-likeness (QED) is 0.778. The number of halogens is 1. The molecule has 2 rings (SSSR count). The molecule has 0 spiro atoms. The van der Waals surface area contributed by atoms with E-state index in [0.29, 0.717) is 36.8 Å². The number of aromatic nitrogens is 1. The van der Waals surface area contributed by atoms with Gasteiger partial charge in [-0.25, -0.2) is 4.79 Å². The van der Waals surface area contributed by atoms with Crippen molar-refractivity contribution in [2.75, 3.05) is 33.3 Å². The van der Waals surface area contributed by atoms with Crippen molar-refractivity contribution in [3.63, 3.8) is 0 Å². The van der Waals surface area contributed by atoms with Gasteiger partial charge in [-0.1, -0.05) is 11.6 Å². The van der Waals surface area contributed by atoms with Gasteiger partial charge in [-0.3, -0.25) is 9.78 Å². The van der Waals surface area contributed by atoms with Gasteiger partial charge in [0.2, 0.25) is 0 Å². The van der Waals surface area contributed by atoms with Crippen LogP contribution in [0.25, 0.3) is 0 Å². The molecule has 1 aromatic rings. The predicted molar refractivity (Wildman–Crippen MR) is 69.1 cm³/mol. The molecular formula is C12H14ClN3O3. The van der Waals surface area contributed by atoms with Gasteiger partial charge in [-0.05, 0) is 6.07 Å². The summed E-state index contributed by atoms with van der Waals surface area (Å²) in [5.74, 6) is -0.142. The Balaban J connectivity index is 2.00. The molecule has 1 saturated heterocycles. The molecule has 7 heteroatoms. The Morgan fingerprint density at radius 3 is 2.47 bits per heavy atom. The van der Waals surface area contributed by atoms with E-state index in [-0.39, 0.29) is 12.0 Å². The molecule has 102 valence electrons. The maximum Gasteiger partial charge on any atom is 0.409 e. The van der Waals surface area contributed by atoms with Gasteiger partial charge in [0.05, 0.1) is 17.7 Å². The summed E-state index contributed by atoms with van der Waals surface area (Å²) < 4.78 is 4.64. The molecule has 1 fully saturated rings. The minimum Gasteiger partial charge on any atom is -0.453 e. The monoisotopic (exact) mass is 283 g/mol. The van der Waals surface area contributed by atoms with Crippen molar-refractivity contribution in [3.05, 3.63) is 29.0 Å². The fraction of sp³-hybridized carbons (Fsp3) is 0.417. The molecule has 0 bridgehead atoms. The Labute approximate surface area is 115 Å². The van der Waals surface area contributed by atoms with E-state index in [4.69, 9.17) is 11.6 Å². The lowest BCUT2D eigenvalue weighted by Gasteiger charge is -2.33. The van der Waals surface area contributed by atoms with Crippen LogP contribution in [0.4, 0.5) is 4.79 Å². The minimum absolute atomic E-state index is 0.142. The molecule has 0 aromatic carbocycles. The van der Waals surface area contributed by atoms with Gasteiger partial charge in [-0.15, -0.1) is 0 Å². The highest BCUT2D eigenvalue weighted by Crippen LogP contribution is 2.17. The fourth-order valence-corrected chi connectivity index (χ4v) is 2.14. The van der Waals surface area contributed by atoms with Crippen LogP contribution in [-0.4, -0.2) is 60.1 Å². The number of pyridine rings is 1. The van der Waals surface area contributed by atoms with E-state index in [1.54, 1.807) is 15.9 Å². The van der Waals surface area contributed by atoms with Crippen LogP contribution in [0.1, 0.15) is 10.4 Å². The van der Waals surface area contributed by atoms with Crippen LogP contribution in [0.3, 0.4) is 0 Å². The molecule has 0 radical (unpaired) electrons. The Kier molecular flexibility index (Phi) is 4.21. The SMILES string of the molecule is COC(=O)N1CCN(C(=O)c2ccncc2Cl)CC1. The van der Waals surface area contributed by atoms with Crippen molar-refractivity contribution in [1.82, 2.24) is 14.8 Å². The Morgan fingerprint density at radius 2 is 1.89 bits per heavy atom. The van der Waals surface area contributed by atoms with Crippen LogP contribution < -0.4 is 0 Å². The third-order valence-corrected chi connectivity index (χ3v) is 3.30. The number of amides is 2. The first-order valence-corrected chi connectivity index (χ1v) is 6.23. The third-order valence-electron chi connectivity index (χ3n) is 3.00. The first-order valence-electron chi connectivity index (χ1n) is 5.85. The van der Waals surface area contributed by atoms with Crippen molar-refractivity contribution in [1.29, 1.82) is 0 Å². The van der Waals surface area contributed by atoms with Gasteiger partial charge >= 0.3 is 6.09 Å². The molecule has 0 aliphatic carbocycles. The average molecular weight is 284 g/mol. The van der Waals surface area contributed by atoms with Crippen LogP contribution in [0.15, 0.2) is 18.5 Å². The summed E-state index contributed by atoms with van der Waals surface area (Å²) in [5.41, 5.74) is 0.434. The highest BCUT2D eigenvalue weighted by atomic mass is 35.5. The van der Waals surface area contributed by atoms with E-state index >= 15 is 0 Å². The van der Waals surface area contributed by atoms with Crippen molar-refractivity contribution in [2.45, 2.75) is 0 Å². The lowest BCUT2D eigenvalue weighted by Crippen LogP contribution is -2.50. The summed E-state index contributed by atoms with van der Waals surface area (Å²) in [6.45, 7) is 1.85. The molecule has 0 saturated carbocycles. The number of ether oxygens (including phenoxy) is 1. The number of nitrogens with zero attached hydrogens (tertiary/aromatic N) is 3. The molecule has 0 N–H and O–H groups in total. The van der Waals surface area contributed by atoms with E-state index in [9.17, 15) is 9.59 Å². The molecule has 0 atom stereocenters. The van der Waals surface area contributed by atoms with Crippen LogP contribution >= 0.6 is 11.6 Å². The molecule has 2 heterocycles. The summed E-state index contributed by atoms with van der Waals surface area (Å²) in [5, 5.41) is 0.336. The fourth-order valence-electron chi connectivity index (χ4n) is 1.94. The lowest BCUT2D eigenvalue weighted by atomic mass is 10.2. The largest absolute Gasteiger partial charge is 0.453 e. The molecular weight excluding hydrogens is 270 g/mol. The zero-order chi connectivity index (χ0) is 13.8. The summed E-state index contributed by atoms with van der Waals surface area (Å²) in [6, 6.07) is 1.59. The Bertz CT molecular complexity index is 487. The highest BCUT2D eigenvalue weighted by Gasteiger charge is 2.26. The molecule has 0 unspecified atom stereocenters. The topological polar surface area (TPSA) is 62.7 Å². The number of hydrogen-bond acceptors (Lipinski definition) is 4. The smallest absolute Gasteiger partial charge is 0.409 e. The van der Waals surface area contributed by atoms with Crippen molar-refractivity contribution in [2.24, 2.45) is 0 Å². The predicted octanol–water partition coefficient (Wildman–Crippen LogP) is 1.26. The van der Waals surface area contributed by atoms with Crippen molar-refractivity contribution < 1.29 is 14.3 Å². The number of rotatable bonds is 1. The second kappa shape index (κ2) is 5.88. The average Bonchev–Trinajstić information content (AvgIpc) is 2.46. The Hall–Kier alpha value is -1.82. The van der Waals surface area contributed by atoms with Crippen LogP contribution in [-0.2, 0) is 4.74 Å². The molecule has 1 aromatic heterocycles. The third kappa shape index (κ3) is 2.96. The second-order valence-corrected chi connectivity index (χ2v) is 4.51. The molecule has 1 aliphatic rings. The maximum absolute atomic E-state index is 12.2. The maximum atomic E-state index is 12.2.